The van der Waals surface area contributed by atoms with E-state index in [1.165, 1.54) is 5.56 Å². The Morgan fingerprint density at radius 3 is 3.00 bits per heavy atom. The van der Waals surface area contributed by atoms with E-state index in [4.69, 9.17) is 17.0 Å². The SMILES string of the molecule is CCCCNC(=S)N(Cc1cc2cc(C)ccc2[nH]c1=O)CC1CCCO1. The van der Waals surface area contributed by atoms with Gasteiger partial charge in [-0.25, -0.2) is 0 Å². The van der Waals surface area contributed by atoms with Crippen molar-refractivity contribution >= 4 is 28.2 Å². The number of unbranched alkanes of at least 4 members (excludes halogenated alkanes) is 1. The van der Waals surface area contributed by atoms with Crippen LogP contribution in [0.4, 0.5) is 0 Å². The Morgan fingerprint density at radius 2 is 2.26 bits per heavy atom. The van der Waals surface area contributed by atoms with Crippen molar-refractivity contribution in [1.82, 2.24) is 15.2 Å². The molecule has 0 spiro atoms. The Kier molecular flexibility index (Phi) is 6.85. The van der Waals surface area contributed by atoms with Gasteiger partial charge < -0.3 is 19.9 Å². The third-order valence-electron chi connectivity index (χ3n) is 4.98. The van der Waals surface area contributed by atoms with E-state index < -0.39 is 0 Å². The molecule has 1 atom stereocenters. The molecule has 0 aliphatic carbocycles. The van der Waals surface area contributed by atoms with Gasteiger partial charge in [0.15, 0.2) is 5.11 Å². The first-order chi connectivity index (χ1) is 13.1. The normalized spacial score (nSPS) is 16.6. The zero-order valence-electron chi connectivity index (χ0n) is 16.2. The van der Waals surface area contributed by atoms with Gasteiger partial charge in [0.05, 0.1) is 12.6 Å². The maximum Gasteiger partial charge on any atom is 0.253 e. The summed E-state index contributed by atoms with van der Waals surface area (Å²) < 4.78 is 5.80. The van der Waals surface area contributed by atoms with E-state index in [-0.39, 0.29) is 11.7 Å². The number of hydrogen-bond donors (Lipinski definition) is 2. The lowest BCUT2D eigenvalue weighted by Gasteiger charge is -2.28. The molecule has 1 aliphatic rings. The van der Waals surface area contributed by atoms with Gasteiger partial charge in [-0.2, -0.15) is 0 Å². The van der Waals surface area contributed by atoms with Crippen molar-refractivity contribution in [1.29, 1.82) is 0 Å². The Morgan fingerprint density at radius 1 is 1.41 bits per heavy atom. The average Bonchev–Trinajstić information content (AvgIpc) is 3.15. The number of hydrogen-bond acceptors (Lipinski definition) is 3. The molecule has 3 rings (SSSR count). The van der Waals surface area contributed by atoms with Crippen LogP contribution in [0.3, 0.4) is 0 Å². The van der Waals surface area contributed by atoms with Gasteiger partial charge in [0.2, 0.25) is 0 Å². The lowest BCUT2D eigenvalue weighted by atomic mass is 10.1. The third kappa shape index (κ3) is 5.30. The highest BCUT2D eigenvalue weighted by molar-refractivity contribution is 7.80. The fourth-order valence-electron chi connectivity index (χ4n) is 3.43. The number of nitrogens with one attached hydrogen (secondary N) is 2. The number of rotatable bonds is 7. The summed E-state index contributed by atoms with van der Waals surface area (Å²) in [7, 11) is 0. The molecule has 1 unspecified atom stereocenters. The summed E-state index contributed by atoms with van der Waals surface area (Å²) in [4.78, 5) is 17.7. The third-order valence-corrected chi connectivity index (χ3v) is 5.38. The van der Waals surface area contributed by atoms with Gasteiger partial charge in [0.1, 0.15) is 0 Å². The van der Waals surface area contributed by atoms with E-state index in [0.29, 0.717) is 18.2 Å². The Labute approximate surface area is 166 Å². The van der Waals surface area contributed by atoms with Gasteiger partial charge >= 0.3 is 0 Å². The molecule has 1 aromatic carbocycles. The maximum absolute atomic E-state index is 12.6. The number of ether oxygens (including phenoxy) is 1. The van der Waals surface area contributed by atoms with Gasteiger partial charge in [-0.3, -0.25) is 4.79 Å². The molecule has 0 radical (unpaired) electrons. The number of aromatic amines is 1. The first-order valence-corrected chi connectivity index (χ1v) is 10.2. The molecule has 0 amide bonds. The standard InChI is InChI=1S/C21H29N3O2S/c1-3-4-9-22-21(27)24(14-18-6-5-10-26-18)13-17-12-16-11-15(2)7-8-19(16)23-20(17)25/h7-8,11-12,18H,3-6,9-10,13-14H2,1-2H3,(H,22,27)(H,23,25). The van der Waals surface area contributed by atoms with E-state index in [2.05, 4.69) is 35.1 Å². The molecule has 0 bridgehead atoms. The monoisotopic (exact) mass is 387 g/mol. The zero-order chi connectivity index (χ0) is 19.2. The van der Waals surface area contributed by atoms with E-state index in [9.17, 15) is 4.79 Å². The Bertz CT molecular complexity index is 843. The summed E-state index contributed by atoms with van der Waals surface area (Å²) in [5.41, 5.74) is 2.71. The summed E-state index contributed by atoms with van der Waals surface area (Å²) in [6.07, 6.45) is 4.50. The second-order valence-electron chi connectivity index (χ2n) is 7.32. The van der Waals surface area contributed by atoms with Gasteiger partial charge in [-0.15, -0.1) is 0 Å². The maximum atomic E-state index is 12.6. The van der Waals surface area contributed by atoms with Crippen LogP contribution in [0.25, 0.3) is 10.9 Å². The summed E-state index contributed by atoms with van der Waals surface area (Å²) in [5, 5.41) is 5.08. The number of aryl methyl sites for hydroxylation is 1. The van der Waals surface area contributed by atoms with E-state index in [0.717, 1.165) is 55.3 Å². The smallest absolute Gasteiger partial charge is 0.253 e. The minimum absolute atomic E-state index is 0.0555. The predicted octanol–water partition coefficient (Wildman–Crippen LogP) is 3.49. The Balaban J connectivity index is 1.81. The minimum Gasteiger partial charge on any atom is -0.376 e. The van der Waals surface area contributed by atoms with Crippen LogP contribution in [0.1, 0.15) is 43.7 Å². The molecule has 5 nitrogen and oxygen atoms in total. The molecular formula is C21H29N3O2S. The molecule has 2 N–H and O–H groups in total. The van der Waals surface area contributed by atoms with Crippen molar-refractivity contribution in [3.63, 3.8) is 0 Å². The van der Waals surface area contributed by atoms with Gasteiger partial charge in [0.25, 0.3) is 5.56 Å². The second kappa shape index (κ2) is 9.33. The van der Waals surface area contributed by atoms with Crippen molar-refractivity contribution in [3.05, 3.63) is 45.7 Å². The first-order valence-electron chi connectivity index (χ1n) is 9.83. The van der Waals surface area contributed by atoms with Crippen LogP contribution in [0.15, 0.2) is 29.1 Å². The predicted molar refractivity (Wildman–Crippen MR) is 114 cm³/mol. The summed E-state index contributed by atoms with van der Waals surface area (Å²) in [5.74, 6) is 0. The molecule has 0 saturated carbocycles. The van der Waals surface area contributed by atoms with Crippen LogP contribution < -0.4 is 10.9 Å². The van der Waals surface area contributed by atoms with Crippen molar-refractivity contribution < 1.29 is 4.74 Å². The van der Waals surface area contributed by atoms with Crippen LogP contribution in [0.2, 0.25) is 0 Å². The molecule has 1 fully saturated rings. The minimum atomic E-state index is -0.0555. The van der Waals surface area contributed by atoms with Crippen LogP contribution in [0, 0.1) is 6.92 Å². The van der Waals surface area contributed by atoms with Gasteiger partial charge in [0, 0.05) is 30.8 Å². The van der Waals surface area contributed by atoms with Gasteiger partial charge in [-0.05, 0) is 62.0 Å². The van der Waals surface area contributed by atoms with Crippen LogP contribution in [-0.4, -0.2) is 40.8 Å². The highest BCUT2D eigenvalue weighted by atomic mass is 32.1. The summed E-state index contributed by atoms with van der Waals surface area (Å²) in [6.45, 7) is 7.07. The summed E-state index contributed by atoms with van der Waals surface area (Å²) >= 11 is 5.63. The molecule has 146 valence electrons. The van der Waals surface area contributed by atoms with Crippen molar-refractivity contribution in [3.8, 4) is 0 Å². The van der Waals surface area contributed by atoms with Crippen molar-refractivity contribution in [2.24, 2.45) is 0 Å². The second-order valence-corrected chi connectivity index (χ2v) is 7.70. The molecule has 1 saturated heterocycles. The number of fused-ring (bicyclic) bond motifs is 1. The van der Waals surface area contributed by atoms with E-state index in [1.54, 1.807) is 0 Å². The fraction of sp³-hybridized carbons (Fsp3) is 0.524. The Hall–Kier alpha value is -1.92. The molecule has 1 aliphatic heterocycles. The highest BCUT2D eigenvalue weighted by Gasteiger charge is 2.22. The number of nitrogens with zero attached hydrogens (tertiary/aromatic N) is 1. The molecule has 2 heterocycles. The quantitative estimate of drug-likeness (QED) is 0.563. The van der Waals surface area contributed by atoms with Crippen LogP contribution >= 0.6 is 12.2 Å². The molecule has 2 aromatic rings. The zero-order valence-corrected chi connectivity index (χ0v) is 17.0. The van der Waals surface area contributed by atoms with Crippen LogP contribution in [-0.2, 0) is 11.3 Å². The highest BCUT2D eigenvalue weighted by Crippen LogP contribution is 2.17. The summed E-state index contributed by atoms with van der Waals surface area (Å²) in [6, 6.07) is 8.04. The largest absolute Gasteiger partial charge is 0.376 e. The average molecular weight is 388 g/mol. The number of H-pyrrole nitrogens is 1. The van der Waals surface area contributed by atoms with Crippen molar-refractivity contribution in [2.45, 2.75) is 52.2 Å². The lowest BCUT2D eigenvalue weighted by Crippen LogP contribution is -2.44. The number of pyridine rings is 1. The first kappa shape index (κ1) is 19.8. The number of thiocarbonyl (C=S) groups is 1. The van der Waals surface area contributed by atoms with E-state index in [1.807, 2.05) is 18.2 Å². The molecule has 1 aromatic heterocycles. The van der Waals surface area contributed by atoms with Crippen LogP contribution in [0.5, 0.6) is 0 Å². The van der Waals surface area contributed by atoms with Crippen molar-refractivity contribution in [2.75, 3.05) is 19.7 Å². The molecule has 27 heavy (non-hydrogen) atoms. The number of benzene rings is 1. The van der Waals surface area contributed by atoms with Gasteiger partial charge in [-0.1, -0.05) is 25.0 Å². The lowest BCUT2D eigenvalue weighted by molar-refractivity contribution is 0.0897. The molecular weight excluding hydrogens is 358 g/mol. The van der Waals surface area contributed by atoms with E-state index >= 15 is 0 Å². The fourth-order valence-corrected chi connectivity index (χ4v) is 3.67. The topological polar surface area (TPSA) is 57.4 Å². The molecule has 6 heteroatoms. The number of aromatic nitrogens is 1.